The van der Waals surface area contributed by atoms with Crippen LogP contribution in [-0.2, 0) is 4.74 Å². The maximum absolute atomic E-state index is 13.8. The molecular formula is C25H18FNO3. The van der Waals surface area contributed by atoms with Gasteiger partial charge in [-0.2, -0.15) is 0 Å². The van der Waals surface area contributed by atoms with E-state index in [1.54, 1.807) is 0 Å². The second kappa shape index (κ2) is 8.62. The quantitative estimate of drug-likeness (QED) is 0.518. The molecule has 5 heteroatoms. The molecular weight excluding hydrogens is 381 g/mol. The largest absolute Gasteiger partial charge is 0.449 e. The normalized spacial score (nSPS) is 11.6. The van der Waals surface area contributed by atoms with Gasteiger partial charge in [-0.1, -0.05) is 66.4 Å². The van der Waals surface area contributed by atoms with Gasteiger partial charge in [-0.3, -0.25) is 4.79 Å². The van der Waals surface area contributed by atoms with E-state index >= 15 is 0 Å². The molecule has 0 bridgehead atoms. The molecule has 0 fully saturated rings. The van der Waals surface area contributed by atoms with Crippen LogP contribution in [0.4, 0.5) is 9.18 Å². The Bertz CT molecular complexity index is 1130. The summed E-state index contributed by atoms with van der Waals surface area (Å²) in [6.45, 7) is 0.237. The first kappa shape index (κ1) is 19.4. The number of halogens is 1. The molecule has 0 radical (unpaired) electrons. The van der Waals surface area contributed by atoms with Gasteiger partial charge in [0, 0.05) is 11.5 Å². The summed E-state index contributed by atoms with van der Waals surface area (Å²) in [6, 6.07) is 20.2. The number of hydrogen-bond acceptors (Lipinski definition) is 3. The fourth-order valence-electron chi connectivity index (χ4n) is 3.61. The minimum atomic E-state index is -0.581. The summed E-state index contributed by atoms with van der Waals surface area (Å²) in [5.74, 6) is 4.72. The average Bonchev–Trinajstić information content (AvgIpc) is 3.10. The lowest BCUT2D eigenvalue weighted by Gasteiger charge is -2.14. The summed E-state index contributed by atoms with van der Waals surface area (Å²) >= 11 is 0. The van der Waals surface area contributed by atoms with Crippen LogP contribution in [0, 0.1) is 17.7 Å². The molecule has 148 valence electrons. The first-order chi connectivity index (χ1) is 14.7. The highest BCUT2D eigenvalue weighted by atomic mass is 19.1. The van der Waals surface area contributed by atoms with Crippen molar-refractivity contribution in [3.63, 3.8) is 0 Å². The lowest BCUT2D eigenvalue weighted by atomic mass is 9.98. The van der Waals surface area contributed by atoms with Crippen LogP contribution < -0.4 is 5.32 Å². The molecule has 0 saturated carbocycles. The summed E-state index contributed by atoms with van der Waals surface area (Å²) < 4.78 is 19.2. The summed E-state index contributed by atoms with van der Waals surface area (Å²) in [5.41, 5.74) is 5.01. The molecule has 3 aromatic rings. The molecule has 1 aliphatic rings. The second-order valence-corrected chi connectivity index (χ2v) is 6.84. The molecule has 1 N–H and O–H groups in total. The highest BCUT2D eigenvalue weighted by molar-refractivity contribution is 5.79. The summed E-state index contributed by atoms with van der Waals surface area (Å²) in [4.78, 5) is 22.7. The third-order valence-electron chi connectivity index (χ3n) is 5.02. The fraction of sp³-hybridized carbons (Fsp3) is 0.120. The number of aldehydes is 1. The van der Waals surface area contributed by atoms with Gasteiger partial charge in [0.15, 0.2) is 0 Å². The van der Waals surface area contributed by atoms with Crippen molar-refractivity contribution >= 4 is 12.4 Å². The average molecular weight is 399 g/mol. The van der Waals surface area contributed by atoms with Crippen molar-refractivity contribution in [3.8, 4) is 23.0 Å². The van der Waals surface area contributed by atoms with Crippen molar-refractivity contribution in [2.24, 2.45) is 0 Å². The second-order valence-electron chi connectivity index (χ2n) is 6.84. The van der Waals surface area contributed by atoms with Crippen LogP contribution in [0.15, 0.2) is 66.7 Å². The van der Waals surface area contributed by atoms with E-state index in [-0.39, 0.29) is 30.2 Å². The van der Waals surface area contributed by atoms with Gasteiger partial charge in [-0.05, 0) is 34.4 Å². The Morgan fingerprint density at radius 3 is 2.33 bits per heavy atom. The van der Waals surface area contributed by atoms with E-state index in [4.69, 9.17) is 4.74 Å². The van der Waals surface area contributed by atoms with E-state index in [2.05, 4.69) is 41.4 Å². The van der Waals surface area contributed by atoms with Crippen LogP contribution in [0.5, 0.6) is 0 Å². The van der Waals surface area contributed by atoms with Gasteiger partial charge in [0.25, 0.3) is 0 Å². The lowest BCUT2D eigenvalue weighted by Crippen LogP contribution is -2.26. The molecule has 4 rings (SSSR count). The predicted octanol–water partition coefficient (Wildman–Crippen LogP) is 4.53. The van der Waals surface area contributed by atoms with Gasteiger partial charge in [0.05, 0.1) is 12.1 Å². The Balaban J connectivity index is 1.35. The number of amides is 1. The maximum atomic E-state index is 13.8. The topological polar surface area (TPSA) is 55.4 Å². The number of carbonyl (C=O) groups is 2. The predicted molar refractivity (Wildman–Crippen MR) is 112 cm³/mol. The number of ether oxygens (including phenoxy) is 1. The number of fused-ring (bicyclic) bond motifs is 3. The molecule has 30 heavy (non-hydrogen) atoms. The minimum absolute atomic E-state index is 0.0142. The third kappa shape index (κ3) is 3.94. The summed E-state index contributed by atoms with van der Waals surface area (Å²) in [7, 11) is 0. The highest BCUT2D eigenvalue weighted by Gasteiger charge is 2.28. The van der Waals surface area contributed by atoms with Gasteiger partial charge in [-0.25, -0.2) is 9.18 Å². The Morgan fingerprint density at radius 2 is 1.70 bits per heavy atom. The Morgan fingerprint density at radius 1 is 1.03 bits per heavy atom. The zero-order chi connectivity index (χ0) is 20.9. The number of nitrogens with one attached hydrogen (secondary N) is 1. The zero-order valence-corrected chi connectivity index (χ0v) is 16.0. The van der Waals surface area contributed by atoms with E-state index in [0.717, 1.165) is 28.3 Å². The van der Waals surface area contributed by atoms with Gasteiger partial charge < -0.3 is 10.1 Å². The van der Waals surface area contributed by atoms with Gasteiger partial charge in [-0.15, -0.1) is 0 Å². The Kier molecular flexibility index (Phi) is 5.58. The van der Waals surface area contributed by atoms with Crippen molar-refractivity contribution in [1.82, 2.24) is 5.32 Å². The van der Waals surface area contributed by atoms with Gasteiger partial charge >= 0.3 is 6.09 Å². The van der Waals surface area contributed by atoms with E-state index < -0.39 is 11.9 Å². The number of alkyl carbamates (subject to hydrolysis) is 1. The van der Waals surface area contributed by atoms with Crippen LogP contribution in [0.25, 0.3) is 11.1 Å². The molecule has 1 amide bonds. The molecule has 0 aromatic heterocycles. The summed E-state index contributed by atoms with van der Waals surface area (Å²) in [6.07, 6.45) is -0.0122. The first-order valence-electron chi connectivity index (χ1n) is 9.50. The molecule has 1 aliphatic carbocycles. The fourth-order valence-corrected chi connectivity index (χ4v) is 3.61. The number of hydrogen-bond donors (Lipinski definition) is 1. The van der Waals surface area contributed by atoms with Crippen molar-refractivity contribution < 1.29 is 18.7 Å². The molecule has 0 heterocycles. The summed E-state index contributed by atoms with van der Waals surface area (Å²) in [5, 5.41) is 2.55. The van der Waals surface area contributed by atoms with Crippen LogP contribution in [-0.4, -0.2) is 25.5 Å². The van der Waals surface area contributed by atoms with Crippen molar-refractivity contribution in [1.29, 1.82) is 0 Å². The Hall–Kier alpha value is -3.91. The van der Waals surface area contributed by atoms with Gasteiger partial charge in [0.1, 0.15) is 18.7 Å². The van der Waals surface area contributed by atoms with Crippen molar-refractivity contribution in [2.75, 3.05) is 13.2 Å². The number of benzene rings is 3. The molecule has 0 saturated heterocycles. The van der Waals surface area contributed by atoms with Crippen LogP contribution >= 0.6 is 0 Å². The SMILES string of the molecule is O=Cc1ccc(C#CCNC(=O)OCC2c3ccccc3-c3ccccc32)c(F)c1. The lowest BCUT2D eigenvalue weighted by molar-refractivity contribution is 0.112. The standard InChI is InChI=1S/C25H18FNO3/c26-24-14-17(15-28)11-12-18(24)6-5-13-27-25(29)30-16-23-21-9-3-1-7-19(21)20-8-2-4-10-22(20)23/h1-4,7-12,14-15,23H,13,16H2,(H,27,29). The maximum Gasteiger partial charge on any atom is 0.407 e. The minimum Gasteiger partial charge on any atom is -0.449 e. The first-order valence-corrected chi connectivity index (χ1v) is 9.50. The smallest absolute Gasteiger partial charge is 0.407 e. The van der Waals surface area contributed by atoms with Gasteiger partial charge in [0.2, 0.25) is 0 Å². The van der Waals surface area contributed by atoms with E-state index in [0.29, 0.717) is 6.29 Å². The van der Waals surface area contributed by atoms with E-state index in [9.17, 15) is 14.0 Å². The molecule has 3 aromatic carbocycles. The monoisotopic (exact) mass is 399 g/mol. The van der Waals surface area contributed by atoms with E-state index in [1.165, 1.54) is 12.1 Å². The van der Waals surface area contributed by atoms with Crippen LogP contribution in [0.1, 0.15) is 33.0 Å². The number of rotatable bonds is 4. The molecule has 0 unspecified atom stereocenters. The Labute approximate surface area is 173 Å². The highest BCUT2D eigenvalue weighted by Crippen LogP contribution is 2.44. The zero-order valence-electron chi connectivity index (χ0n) is 16.0. The molecule has 0 spiro atoms. The van der Waals surface area contributed by atoms with Crippen molar-refractivity contribution in [3.05, 3.63) is 94.8 Å². The van der Waals surface area contributed by atoms with Crippen molar-refractivity contribution in [2.45, 2.75) is 5.92 Å². The van der Waals surface area contributed by atoms with Crippen LogP contribution in [0.3, 0.4) is 0 Å². The molecule has 0 aliphatic heterocycles. The molecule has 0 atom stereocenters. The number of carbonyl (C=O) groups excluding carboxylic acids is 2. The third-order valence-corrected chi connectivity index (χ3v) is 5.02. The molecule has 4 nitrogen and oxygen atoms in total. The van der Waals surface area contributed by atoms with E-state index in [1.807, 2.05) is 24.3 Å². The van der Waals surface area contributed by atoms with Crippen LogP contribution in [0.2, 0.25) is 0 Å².